The summed E-state index contributed by atoms with van der Waals surface area (Å²) in [7, 11) is 0. The van der Waals surface area contributed by atoms with Gasteiger partial charge in [-0.15, -0.1) is 0 Å². The summed E-state index contributed by atoms with van der Waals surface area (Å²) in [6.07, 6.45) is -2.36. The van der Waals surface area contributed by atoms with E-state index in [1.807, 2.05) is 0 Å². The summed E-state index contributed by atoms with van der Waals surface area (Å²) in [4.78, 5) is 47.3. The van der Waals surface area contributed by atoms with Gasteiger partial charge in [0.2, 0.25) is 0 Å². The van der Waals surface area contributed by atoms with E-state index in [0.29, 0.717) is 12.8 Å². The number of esters is 4. The van der Waals surface area contributed by atoms with Gasteiger partial charge >= 0.3 is 23.9 Å². The molecule has 0 aromatic carbocycles. The average molecular weight is 428 g/mol. The lowest BCUT2D eigenvalue weighted by molar-refractivity contribution is -0.234. The van der Waals surface area contributed by atoms with Gasteiger partial charge in [0.1, 0.15) is 12.2 Å². The van der Waals surface area contributed by atoms with Crippen molar-refractivity contribution < 1.29 is 47.6 Å². The van der Waals surface area contributed by atoms with Crippen molar-refractivity contribution in [2.24, 2.45) is 0 Å². The van der Waals surface area contributed by atoms with E-state index in [0.717, 1.165) is 19.3 Å². The molecule has 0 amide bonds. The van der Waals surface area contributed by atoms with Crippen LogP contribution in [-0.2, 0) is 47.6 Å². The zero-order valence-corrected chi connectivity index (χ0v) is 17.6. The molecule has 3 rings (SSSR count). The largest absolute Gasteiger partial charge is 0.456 e. The fourth-order valence-corrected chi connectivity index (χ4v) is 4.54. The van der Waals surface area contributed by atoms with Crippen molar-refractivity contribution in [1.82, 2.24) is 0 Å². The van der Waals surface area contributed by atoms with Crippen LogP contribution in [0.4, 0.5) is 0 Å². The third-order valence-corrected chi connectivity index (χ3v) is 5.47. The molecule has 0 bridgehead atoms. The van der Waals surface area contributed by atoms with Gasteiger partial charge in [0.05, 0.1) is 0 Å². The number of hydrogen-bond acceptors (Lipinski definition) is 10. The van der Waals surface area contributed by atoms with E-state index in [4.69, 9.17) is 28.4 Å². The quantitative estimate of drug-likeness (QED) is 0.476. The summed E-state index contributed by atoms with van der Waals surface area (Å²) in [5.74, 6) is -3.54. The van der Waals surface area contributed by atoms with Crippen LogP contribution in [0.25, 0.3) is 0 Å². The second-order valence-corrected chi connectivity index (χ2v) is 7.93. The maximum atomic E-state index is 11.8. The number of rotatable bonds is 4. The first-order valence-corrected chi connectivity index (χ1v) is 10.2. The summed E-state index contributed by atoms with van der Waals surface area (Å²) >= 11 is 0. The number of hydrogen-bond donors (Lipinski definition) is 0. The Kier molecular flexibility index (Phi) is 6.66. The molecule has 30 heavy (non-hydrogen) atoms. The SMILES string of the molecule is CC(=O)O[C@H]1[C@H](OC(C)=O)[C@@H](OC(C)=O)[C@@H]2OC3(CCCCC3)O[C@@H]2[C@@H]1OC(C)=O. The maximum Gasteiger partial charge on any atom is 0.303 e. The van der Waals surface area contributed by atoms with Crippen molar-refractivity contribution in [3.63, 3.8) is 0 Å². The summed E-state index contributed by atoms with van der Waals surface area (Å²) in [6.45, 7) is 4.78. The molecule has 1 spiro atoms. The average Bonchev–Trinajstić information content (AvgIpc) is 2.99. The van der Waals surface area contributed by atoms with Gasteiger partial charge in [0, 0.05) is 40.5 Å². The molecule has 0 radical (unpaired) electrons. The van der Waals surface area contributed by atoms with Gasteiger partial charge < -0.3 is 28.4 Å². The molecule has 1 aliphatic heterocycles. The van der Waals surface area contributed by atoms with Gasteiger partial charge in [-0.05, 0) is 12.8 Å². The van der Waals surface area contributed by atoms with E-state index in [1.54, 1.807) is 0 Å². The first-order chi connectivity index (χ1) is 14.1. The number of carbonyl (C=O) groups excluding carboxylic acids is 4. The van der Waals surface area contributed by atoms with E-state index < -0.39 is 66.3 Å². The molecule has 3 aliphatic rings. The Morgan fingerprint density at radius 3 is 1.27 bits per heavy atom. The van der Waals surface area contributed by atoms with Gasteiger partial charge in [-0.1, -0.05) is 6.42 Å². The smallest absolute Gasteiger partial charge is 0.303 e. The molecule has 0 unspecified atom stereocenters. The summed E-state index contributed by atoms with van der Waals surface area (Å²) < 4.78 is 34.2. The predicted molar refractivity (Wildman–Crippen MR) is 97.8 cm³/mol. The molecule has 2 saturated carbocycles. The van der Waals surface area contributed by atoms with Crippen molar-refractivity contribution >= 4 is 23.9 Å². The van der Waals surface area contributed by atoms with Crippen LogP contribution in [0.5, 0.6) is 0 Å². The molecule has 6 atom stereocenters. The minimum atomic E-state index is -1.23. The predicted octanol–water partition coefficient (Wildman–Crippen LogP) is 1.17. The zero-order chi connectivity index (χ0) is 22.1. The molecule has 10 heteroatoms. The van der Waals surface area contributed by atoms with Crippen molar-refractivity contribution in [3.8, 4) is 0 Å². The van der Waals surface area contributed by atoms with Crippen molar-refractivity contribution in [3.05, 3.63) is 0 Å². The lowest BCUT2D eigenvalue weighted by atomic mass is 9.84. The van der Waals surface area contributed by atoms with Crippen LogP contribution in [-0.4, -0.2) is 66.3 Å². The van der Waals surface area contributed by atoms with E-state index in [9.17, 15) is 19.2 Å². The summed E-state index contributed by atoms with van der Waals surface area (Å²) in [6, 6.07) is 0. The summed E-state index contributed by atoms with van der Waals surface area (Å²) in [5.41, 5.74) is 0. The minimum Gasteiger partial charge on any atom is -0.456 e. The molecular weight excluding hydrogens is 400 g/mol. The van der Waals surface area contributed by atoms with Crippen LogP contribution >= 0.6 is 0 Å². The van der Waals surface area contributed by atoms with Crippen molar-refractivity contribution in [2.45, 2.75) is 102 Å². The first-order valence-electron chi connectivity index (χ1n) is 10.2. The molecule has 2 aliphatic carbocycles. The van der Waals surface area contributed by atoms with E-state index in [-0.39, 0.29) is 0 Å². The summed E-state index contributed by atoms with van der Waals surface area (Å²) in [5, 5.41) is 0. The van der Waals surface area contributed by atoms with Crippen LogP contribution in [0.1, 0.15) is 59.8 Å². The topological polar surface area (TPSA) is 124 Å². The van der Waals surface area contributed by atoms with Crippen LogP contribution in [0, 0.1) is 0 Å². The maximum absolute atomic E-state index is 11.8. The van der Waals surface area contributed by atoms with Gasteiger partial charge in [-0.2, -0.15) is 0 Å². The number of carbonyl (C=O) groups is 4. The molecule has 0 N–H and O–H groups in total. The Balaban J connectivity index is 2.04. The van der Waals surface area contributed by atoms with Crippen LogP contribution in [0.3, 0.4) is 0 Å². The molecule has 0 aromatic heterocycles. The third kappa shape index (κ3) is 4.75. The Morgan fingerprint density at radius 2 is 0.933 bits per heavy atom. The molecule has 1 heterocycles. The van der Waals surface area contributed by atoms with Crippen LogP contribution in [0.15, 0.2) is 0 Å². The van der Waals surface area contributed by atoms with E-state index in [2.05, 4.69) is 0 Å². The standard InChI is InChI=1S/C20H28O10/c1-10(21)25-14-15(26-11(2)22)17(28-13(4)24)19-18(16(14)27-12(3)23)29-20(30-19)8-6-5-7-9-20/h14-19H,5-9H2,1-4H3/t14-,15-,16+,17+,18-,19+/m0/s1. The fourth-order valence-electron chi connectivity index (χ4n) is 4.54. The second-order valence-electron chi connectivity index (χ2n) is 7.93. The monoisotopic (exact) mass is 428 g/mol. The Morgan fingerprint density at radius 1 is 0.600 bits per heavy atom. The minimum absolute atomic E-state index is 0.621. The highest BCUT2D eigenvalue weighted by Gasteiger charge is 2.65. The van der Waals surface area contributed by atoms with Crippen molar-refractivity contribution in [2.75, 3.05) is 0 Å². The first kappa shape index (κ1) is 22.5. The fraction of sp³-hybridized carbons (Fsp3) is 0.800. The van der Waals surface area contributed by atoms with E-state index in [1.165, 1.54) is 27.7 Å². The molecule has 10 nitrogen and oxygen atoms in total. The van der Waals surface area contributed by atoms with Crippen LogP contribution < -0.4 is 0 Å². The Hall–Kier alpha value is -2.20. The van der Waals surface area contributed by atoms with Gasteiger partial charge in [0.25, 0.3) is 0 Å². The highest BCUT2D eigenvalue weighted by atomic mass is 16.8. The molecule has 1 saturated heterocycles. The molecule has 3 fully saturated rings. The molecular formula is C20H28O10. The van der Waals surface area contributed by atoms with Crippen molar-refractivity contribution in [1.29, 1.82) is 0 Å². The lowest BCUT2D eigenvalue weighted by Gasteiger charge is -2.44. The highest BCUT2D eigenvalue weighted by molar-refractivity contribution is 5.69. The second kappa shape index (κ2) is 8.89. The lowest BCUT2D eigenvalue weighted by Crippen LogP contribution is -2.66. The van der Waals surface area contributed by atoms with E-state index >= 15 is 0 Å². The normalized spacial score (nSPS) is 34.5. The highest BCUT2D eigenvalue weighted by Crippen LogP contribution is 2.47. The van der Waals surface area contributed by atoms with Gasteiger partial charge in [-0.3, -0.25) is 19.2 Å². The van der Waals surface area contributed by atoms with Gasteiger partial charge in [-0.25, -0.2) is 0 Å². The van der Waals surface area contributed by atoms with Crippen LogP contribution in [0.2, 0.25) is 0 Å². The third-order valence-electron chi connectivity index (χ3n) is 5.47. The number of fused-ring (bicyclic) bond motifs is 1. The Bertz CT molecular complexity index is 646. The number of ether oxygens (including phenoxy) is 6. The molecule has 0 aromatic rings. The van der Waals surface area contributed by atoms with Gasteiger partial charge in [0.15, 0.2) is 30.2 Å². The Labute approximate surface area is 174 Å². The zero-order valence-electron chi connectivity index (χ0n) is 17.6. The molecule has 168 valence electrons.